The normalized spacial score (nSPS) is 19.0. The van der Waals surface area contributed by atoms with Gasteiger partial charge in [-0.15, -0.1) is 0 Å². The fraction of sp³-hybridized carbons (Fsp3) is 0.387. The summed E-state index contributed by atoms with van der Waals surface area (Å²) in [5.41, 5.74) is 4.56. The lowest BCUT2D eigenvalue weighted by Crippen LogP contribution is -2.55. The van der Waals surface area contributed by atoms with Crippen LogP contribution in [0.3, 0.4) is 0 Å². The van der Waals surface area contributed by atoms with Gasteiger partial charge in [0.1, 0.15) is 0 Å². The maximum Gasteiger partial charge on any atom is 0.181 e. The zero-order valence-electron chi connectivity index (χ0n) is 20.9. The summed E-state index contributed by atoms with van der Waals surface area (Å²) in [6.45, 7) is 5.89. The summed E-state index contributed by atoms with van der Waals surface area (Å²) in [4.78, 5) is 19.0. The topological polar surface area (TPSA) is 42.0 Å². The van der Waals surface area contributed by atoms with Crippen molar-refractivity contribution in [2.24, 2.45) is 0 Å². The number of rotatable bonds is 9. The van der Waals surface area contributed by atoms with Gasteiger partial charge in [0.2, 0.25) is 0 Å². The summed E-state index contributed by atoms with van der Waals surface area (Å²) in [6.07, 6.45) is 1.96. The highest BCUT2D eigenvalue weighted by atomic mass is 16.5. The fourth-order valence-electron chi connectivity index (χ4n) is 5.40. The Bertz CT molecular complexity index is 1080. The van der Waals surface area contributed by atoms with Crippen LogP contribution in [0.2, 0.25) is 0 Å². The van der Waals surface area contributed by atoms with Crippen LogP contribution < -0.4 is 0 Å². The summed E-state index contributed by atoms with van der Waals surface area (Å²) in [7, 11) is 0. The Labute approximate surface area is 214 Å². The number of ether oxygens (including phenoxy) is 2. The minimum atomic E-state index is -0.274. The zero-order chi connectivity index (χ0) is 24.6. The molecule has 36 heavy (non-hydrogen) atoms. The molecule has 0 spiro atoms. The molecule has 0 N–H and O–H groups in total. The van der Waals surface area contributed by atoms with Crippen LogP contribution in [0, 0.1) is 0 Å². The minimum absolute atomic E-state index is 0.0292. The van der Waals surface area contributed by atoms with E-state index in [-0.39, 0.29) is 17.9 Å². The Hall–Kier alpha value is -2.83. The lowest BCUT2D eigenvalue weighted by Gasteiger charge is -2.44. The molecule has 2 fully saturated rings. The van der Waals surface area contributed by atoms with Crippen molar-refractivity contribution in [1.29, 1.82) is 0 Å². The average molecular weight is 485 g/mol. The maximum absolute atomic E-state index is 14.3. The fourth-order valence-corrected chi connectivity index (χ4v) is 5.40. The van der Waals surface area contributed by atoms with Gasteiger partial charge >= 0.3 is 0 Å². The van der Waals surface area contributed by atoms with Crippen molar-refractivity contribution >= 4 is 5.78 Å². The van der Waals surface area contributed by atoms with Gasteiger partial charge in [0.25, 0.3) is 0 Å². The second-order valence-corrected chi connectivity index (χ2v) is 9.64. The molecule has 3 aromatic rings. The van der Waals surface area contributed by atoms with Crippen molar-refractivity contribution in [3.05, 3.63) is 107 Å². The lowest BCUT2D eigenvalue weighted by molar-refractivity contribution is -0.0301. The van der Waals surface area contributed by atoms with Gasteiger partial charge in [-0.25, -0.2) is 0 Å². The third-order valence-electron chi connectivity index (χ3n) is 7.37. The molecule has 0 aliphatic carbocycles. The van der Waals surface area contributed by atoms with Gasteiger partial charge in [-0.2, -0.15) is 0 Å². The molecule has 2 atom stereocenters. The summed E-state index contributed by atoms with van der Waals surface area (Å²) in [6, 6.07) is 29.1. The summed E-state index contributed by atoms with van der Waals surface area (Å²) in [5.74, 6) is 0.187. The number of benzene rings is 3. The molecule has 0 aromatic heterocycles. The van der Waals surface area contributed by atoms with E-state index in [0.29, 0.717) is 26.4 Å². The number of aryl methyl sites for hydroxylation is 2. The van der Waals surface area contributed by atoms with Crippen molar-refractivity contribution < 1.29 is 14.3 Å². The quantitative estimate of drug-likeness (QED) is 0.421. The van der Waals surface area contributed by atoms with Crippen molar-refractivity contribution in [3.63, 3.8) is 0 Å². The number of Topliss-reactive ketones (excluding diaryl/α,β-unsaturated/α-hetero) is 1. The van der Waals surface area contributed by atoms with Crippen molar-refractivity contribution in [2.45, 2.75) is 24.9 Å². The van der Waals surface area contributed by atoms with Crippen LogP contribution in [-0.2, 0) is 22.3 Å². The Morgan fingerprint density at radius 1 is 0.639 bits per heavy atom. The number of carbonyl (C=O) groups excluding carboxylic acids is 1. The molecule has 5 rings (SSSR count). The van der Waals surface area contributed by atoms with Gasteiger partial charge in [0.15, 0.2) is 5.78 Å². The van der Waals surface area contributed by atoms with Crippen LogP contribution in [0.25, 0.3) is 0 Å². The molecule has 0 radical (unpaired) electrons. The standard InChI is InChI=1S/C31H36N2O3/c34-31(28-15-13-26(14-16-28)12-11-25-7-3-1-4-8-25)30(33-19-23-36-24-20-33)29(27-9-5-2-6-10-27)32-17-21-35-22-18-32/h1-10,13-16,29-30H,11-12,17-24H2. The minimum Gasteiger partial charge on any atom is -0.379 e. The first-order chi connectivity index (χ1) is 17.8. The van der Waals surface area contributed by atoms with E-state index in [9.17, 15) is 4.79 Å². The molecule has 0 saturated carbocycles. The van der Waals surface area contributed by atoms with Gasteiger partial charge < -0.3 is 9.47 Å². The SMILES string of the molecule is O=C(c1ccc(CCc2ccccc2)cc1)C(C(c1ccccc1)N1CCOCC1)N1CCOCC1. The number of hydrogen-bond acceptors (Lipinski definition) is 5. The first-order valence-corrected chi connectivity index (χ1v) is 13.2. The van der Waals surface area contributed by atoms with Crippen molar-refractivity contribution in [1.82, 2.24) is 9.80 Å². The smallest absolute Gasteiger partial charge is 0.181 e. The third kappa shape index (κ3) is 6.11. The van der Waals surface area contributed by atoms with Crippen LogP contribution in [-0.4, -0.2) is 74.2 Å². The first kappa shape index (κ1) is 24.8. The predicted octanol–water partition coefficient (Wildman–Crippen LogP) is 4.43. The molecule has 2 heterocycles. The number of ketones is 1. The molecule has 3 aromatic carbocycles. The highest BCUT2D eigenvalue weighted by Gasteiger charge is 2.39. The van der Waals surface area contributed by atoms with Crippen LogP contribution in [0.4, 0.5) is 0 Å². The van der Waals surface area contributed by atoms with Gasteiger partial charge in [0.05, 0.1) is 38.5 Å². The number of morpholine rings is 2. The molecule has 5 heteroatoms. The molecule has 188 valence electrons. The highest BCUT2D eigenvalue weighted by molar-refractivity contribution is 6.00. The Morgan fingerprint density at radius 3 is 1.72 bits per heavy atom. The van der Waals surface area contributed by atoms with E-state index in [1.165, 1.54) is 16.7 Å². The molecule has 2 aliphatic rings. The zero-order valence-corrected chi connectivity index (χ0v) is 20.9. The summed E-state index contributed by atoms with van der Waals surface area (Å²) < 4.78 is 11.3. The number of nitrogens with zero attached hydrogens (tertiary/aromatic N) is 2. The lowest BCUT2D eigenvalue weighted by atomic mass is 9.89. The average Bonchev–Trinajstić information content (AvgIpc) is 2.96. The molecule has 2 saturated heterocycles. The third-order valence-corrected chi connectivity index (χ3v) is 7.37. The van der Waals surface area contributed by atoms with E-state index in [0.717, 1.165) is 44.6 Å². The number of hydrogen-bond donors (Lipinski definition) is 0. The Morgan fingerprint density at radius 2 is 1.14 bits per heavy atom. The van der Waals surface area contributed by atoms with E-state index >= 15 is 0 Å². The van der Waals surface area contributed by atoms with Gasteiger partial charge in [-0.3, -0.25) is 14.6 Å². The molecule has 5 nitrogen and oxygen atoms in total. The molecule has 0 amide bonds. The monoisotopic (exact) mass is 484 g/mol. The summed E-state index contributed by atoms with van der Waals surface area (Å²) >= 11 is 0. The molecular formula is C31H36N2O3. The predicted molar refractivity (Wildman–Crippen MR) is 142 cm³/mol. The van der Waals surface area contributed by atoms with Crippen LogP contribution >= 0.6 is 0 Å². The molecular weight excluding hydrogens is 448 g/mol. The van der Waals surface area contributed by atoms with E-state index < -0.39 is 0 Å². The second-order valence-electron chi connectivity index (χ2n) is 9.64. The Balaban J connectivity index is 1.41. The largest absolute Gasteiger partial charge is 0.379 e. The van der Waals surface area contributed by atoms with Crippen molar-refractivity contribution in [2.75, 3.05) is 52.6 Å². The van der Waals surface area contributed by atoms with Gasteiger partial charge in [-0.1, -0.05) is 84.9 Å². The highest BCUT2D eigenvalue weighted by Crippen LogP contribution is 2.31. The summed E-state index contributed by atoms with van der Waals surface area (Å²) in [5, 5.41) is 0. The van der Waals surface area contributed by atoms with Gasteiger partial charge in [0, 0.05) is 31.7 Å². The Kier molecular flexibility index (Phi) is 8.57. The second kappa shape index (κ2) is 12.4. The van der Waals surface area contributed by atoms with Gasteiger partial charge in [-0.05, 0) is 29.5 Å². The van der Waals surface area contributed by atoms with E-state index in [4.69, 9.17) is 9.47 Å². The molecule has 2 aliphatic heterocycles. The maximum atomic E-state index is 14.3. The van der Waals surface area contributed by atoms with E-state index in [1.54, 1.807) is 0 Å². The van der Waals surface area contributed by atoms with Crippen molar-refractivity contribution in [3.8, 4) is 0 Å². The van der Waals surface area contributed by atoms with E-state index in [1.807, 2.05) is 18.2 Å². The number of carbonyl (C=O) groups is 1. The molecule has 2 unspecified atom stereocenters. The van der Waals surface area contributed by atoms with Crippen LogP contribution in [0.15, 0.2) is 84.9 Å². The first-order valence-electron chi connectivity index (χ1n) is 13.2. The van der Waals surface area contributed by atoms with Crippen LogP contribution in [0.1, 0.15) is 33.1 Å². The molecule has 0 bridgehead atoms. The van der Waals surface area contributed by atoms with E-state index in [2.05, 4.69) is 76.5 Å². The van der Waals surface area contributed by atoms with Crippen LogP contribution in [0.5, 0.6) is 0 Å².